The molecule has 0 aromatic heterocycles. The smallest absolute Gasteiger partial charge is 0.254 e. The lowest BCUT2D eigenvalue weighted by Gasteiger charge is -2.50. The van der Waals surface area contributed by atoms with Crippen LogP contribution in [0.5, 0.6) is 11.5 Å². The Bertz CT molecular complexity index is 1480. The van der Waals surface area contributed by atoms with Gasteiger partial charge in [-0.15, -0.1) is 23.2 Å². The number of nitrogens with zero attached hydrogens (tertiary/aromatic N) is 2. The number of carbonyl (C=O) groups excluding carboxylic acids is 4. The first-order chi connectivity index (χ1) is 19.1. The van der Waals surface area contributed by atoms with Crippen molar-refractivity contribution in [2.75, 3.05) is 12.6 Å². The van der Waals surface area contributed by atoms with E-state index < -0.39 is 45.2 Å². The Balaban J connectivity index is 1.50. The quantitative estimate of drug-likeness (QED) is 0.225. The van der Waals surface area contributed by atoms with Crippen LogP contribution in [0.25, 0.3) is 0 Å². The molecule has 2 aromatic carbocycles. The van der Waals surface area contributed by atoms with Crippen LogP contribution < -0.4 is 4.74 Å². The number of phenolic OH excluding ortho intramolecular Hbond substituents is 1. The lowest BCUT2D eigenvalue weighted by Crippen LogP contribution is -2.60. The van der Waals surface area contributed by atoms with E-state index in [9.17, 15) is 24.3 Å². The number of ether oxygens (including phenoxy) is 1. The summed E-state index contributed by atoms with van der Waals surface area (Å²) in [6, 6.07) is 14.1. The van der Waals surface area contributed by atoms with Crippen LogP contribution >= 0.6 is 39.1 Å². The van der Waals surface area contributed by atoms with E-state index in [1.807, 2.05) is 36.4 Å². The maximum Gasteiger partial charge on any atom is 0.254 e. The SMILES string of the molecule is COc1cccc([C@H]2C3=CC[C@@H]4C(=O)N(Cc5ccccc5)C(=O)[C@@H]4[C@@H]3C[C@@]3(Cl)C(=O)N(CBr)C(=O)[C@@]23Cl)c1O. The zero-order chi connectivity index (χ0) is 28.6. The minimum Gasteiger partial charge on any atom is -0.504 e. The van der Waals surface area contributed by atoms with E-state index in [1.54, 1.807) is 18.2 Å². The van der Waals surface area contributed by atoms with Crippen molar-refractivity contribution in [1.82, 2.24) is 9.80 Å². The van der Waals surface area contributed by atoms with E-state index in [0.717, 1.165) is 10.5 Å². The highest BCUT2D eigenvalue weighted by atomic mass is 79.9. The van der Waals surface area contributed by atoms with Crippen LogP contribution in [0.4, 0.5) is 0 Å². The van der Waals surface area contributed by atoms with Crippen molar-refractivity contribution in [2.24, 2.45) is 17.8 Å². The second-order valence-electron chi connectivity index (χ2n) is 10.6. The van der Waals surface area contributed by atoms with Gasteiger partial charge in [-0.3, -0.25) is 29.0 Å². The number of fused-ring (bicyclic) bond motifs is 4. The number of likely N-dealkylation sites (tertiary alicyclic amines) is 2. The van der Waals surface area contributed by atoms with Gasteiger partial charge in [-0.2, -0.15) is 0 Å². The number of amides is 4. The second-order valence-corrected chi connectivity index (χ2v) is 12.4. The molecule has 11 heteroatoms. The van der Waals surface area contributed by atoms with Crippen molar-refractivity contribution < 1.29 is 29.0 Å². The Morgan fingerprint density at radius 2 is 1.70 bits per heavy atom. The number of para-hydroxylation sites is 1. The lowest BCUT2D eigenvalue weighted by atomic mass is 9.56. The van der Waals surface area contributed by atoms with Crippen molar-refractivity contribution in [3.05, 3.63) is 71.3 Å². The number of carbonyl (C=O) groups is 4. The van der Waals surface area contributed by atoms with E-state index >= 15 is 0 Å². The van der Waals surface area contributed by atoms with E-state index in [-0.39, 0.29) is 53.7 Å². The van der Waals surface area contributed by atoms with Gasteiger partial charge in [0.25, 0.3) is 11.8 Å². The molecule has 0 spiro atoms. The molecular weight excluding hydrogens is 623 g/mol. The number of imide groups is 2. The zero-order valence-corrected chi connectivity index (χ0v) is 24.4. The third kappa shape index (κ3) is 3.50. The largest absolute Gasteiger partial charge is 0.504 e. The molecule has 2 saturated heterocycles. The Kier molecular flexibility index (Phi) is 6.55. The molecule has 2 aliphatic heterocycles. The van der Waals surface area contributed by atoms with Crippen LogP contribution in [0.3, 0.4) is 0 Å². The summed E-state index contributed by atoms with van der Waals surface area (Å²) in [5, 5.41) is 11.2. The van der Waals surface area contributed by atoms with Gasteiger partial charge in [0.1, 0.15) is 0 Å². The van der Waals surface area contributed by atoms with E-state index in [0.29, 0.717) is 5.57 Å². The van der Waals surface area contributed by atoms with Gasteiger partial charge in [-0.25, -0.2) is 0 Å². The molecule has 4 aliphatic rings. The van der Waals surface area contributed by atoms with Gasteiger partial charge in [0.15, 0.2) is 21.2 Å². The van der Waals surface area contributed by atoms with Gasteiger partial charge in [0.2, 0.25) is 11.8 Å². The summed E-state index contributed by atoms with van der Waals surface area (Å²) in [7, 11) is 1.40. The first-order valence-corrected chi connectivity index (χ1v) is 14.7. The second kappa shape index (κ2) is 9.60. The predicted octanol–water partition coefficient (Wildman–Crippen LogP) is 4.31. The van der Waals surface area contributed by atoms with Gasteiger partial charge in [-0.05, 0) is 30.4 Å². The van der Waals surface area contributed by atoms with Crippen LogP contribution in [0, 0.1) is 17.8 Å². The maximum absolute atomic E-state index is 13.9. The molecule has 1 N–H and O–H groups in total. The number of methoxy groups -OCH3 is 1. The Morgan fingerprint density at radius 1 is 0.975 bits per heavy atom. The van der Waals surface area contributed by atoms with Crippen LogP contribution in [0.2, 0.25) is 0 Å². The summed E-state index contributed by atoms with van der Waals surface area (Å²) in [6.07, 6.45) is 1.97. The van der Waals surface area contributed by atoms with Gasteiger partial charge in [0, 0.05) is 11.5 Å². The van der Waals surface area contributed by atoms with Gasteiger partial charge < -0.3 is 9.84 Å². The zero-order valence-electron chi connectivity index (χ0n) is 21.4. The minimum absolute atomic E-state index is 0.113. The first kappa shape index (κ1) is 27.3. The molecule has 0 bridgehead atoms. The molecule has 3 fully saturated rings. The molecule has 2 aromatic rings. The van der Waals surface area contributed by atoms with Crippen molar-refractivity contribution in [3.63, 3.8) is 0 Å². The summed E-state index contributed by atoms with van der Waals surface area (Å²) < 4.78 is 5.32. The van der Waals surface area contributed by atoms with Crippen molar-refractivity contribution >= 4 is 62.8 Å². The molecule has 2 aliphatic carbocycles. The summed E-state index contributed by atoms with van der Waals surface area (Å²) in [6.45, 7) is 0.133. The number of rotatable bonds is 5. The normalized spacial score (nSPS) is 33.0. The topological polar surface area (TPSA) is 104 Å². The number of alkyl halides is 3. The summed E-state index contributed by atoms with van der Waals surface area (Å²) >= 11 is 17.6. The van der Waals surface area contributed by atoms with Crippen molar-refractivity contribution in [3.8, 4) is 11.5 Å². The lowest BCUT2D eigenvalue weighted by molar-refractivity contribution is -0.141. The highest BCUT2D eigenvalue weighted by Crippen LogP contribution is 2.66. The molecular formula is C29H25BrCl2N2O6. The number of aromatic hydroxyl groups is 1. The van der Waals surface area contributed by atoms with E-state index in [4.69, 9.17) is 27.9 Å². The molecule has 208 valence electrons. The number of hydrogen-bond donors (Lipinski definition) is 1. The molecule has 4 amide bonds. The standard InChI is InChI=1S/C29H25BrCl2N2O6/c1-40-20-9-5-8-18(23(20)35)22-16-10-11-17-21(25(37)33(24(17)36)13-15-6-3-2-4-7-15)19(16)12-28(31)26(38)34(14-30)27(39)29(22,28)32/h2-10,17,19,21-22,35H,11-14H2,1H3/t17-,19+,21-,22+,28+,29-/m0/s1. The molecule has 0 unspecified atom stereocenters. The van der Waals surface area contributed by atoms with Crippen molar-refractivity contribution in [2.45, 2.75) is 35.1 Å². The average molecular weight is 648 g/mol. The Labute approximate surface area is 249 Å². The number of halogens is 3. The van der Waals surface area contributed by atoms with Gasteiger partial charge in [0.05, 0.1) is 30.9 Å². The molecule has 8 nitrogen and oxygen atoms in total. The number of benzene rings is 2. The van der Waals surface area contributed by atoms with Crippen LogP contribution in [-0.2, 0) is 25.7 Å². The third-order valence-corrected chi connectivity index (χ3v) is 10.8. The predicted molar refractivity (Wildman–Crippen MR) is 150 cm³/mol. The fourth-order valence-electron chi connectivity index (χ4n) is 7.02. The Hall–Kier alpha value is -2.88. The highest BCUT2D eigenvalue weighted by Gasteiger charge is 2.76. The Morgan fingerprint density at radius 3 is 2.38 bits per heavy atom. The minimum atomic E-state index is -1.99. The molecule has 6 atom stereocenters. The summed E-state index contributed by atoms with van der Waals surface area (Å²) in [4.78, 5) is 53.3. The molecule has 1 saturated carbocycles. The van der Waals surface area contributed by atoms with Crippen LogP contribution in [-0.4, -0.2) is 60.8 Å². The summed E-state index contributed by atoms with van der Waals surface area (Å²) in [5.74, 6) is -5.24. The monoisotopic (exact) mass is 646 g/mol. The van der Waals surface area contributed by atoms with E-state index in [2.05, 4.69) is 15.9 Å². The fraction of sp³-hybridized carbons (Fsp3) is 0.379. The first-order valence-electron chi connectivity index (χ1n) is 12.8. The molecule has 2 heterocycles. The molecule has 40 heavy (non-hydrogen) atoms. The van der Waals surface area contributed by atoms with Crippen LogP contribution in [0.15, 0.2) is 60.2 Å². The van der Waals surface area contributed by atoms with Crippen LogP contribution in [0.1, 0.15) is 29.9 Å². The number of hydrogen-bond acceptors (Lipinski definition) is 6. The van der Waals surface area contributed by atoms with Gasteiger partial charge in [-0.1, -0.05) is 70.0 Å². The molecule has 0 radical (unpaired) electrons. The third-order valence-electron chi connectivity index (χ3n) is 8.85. The average Bonchev–Trinajstić information content (AvgIpc) is 3.27. The number of allylic oxidation sites excluding steroid dienone is 2. The fourth-order valence-corrected chi connectivity index (χ4v) is 8.44. The maximum atomic E-state index is 13.9. The highest BCUT2D eigenvalue weighted by molar-refractivity contribution is 9.09. The summed E-state index contributed by atoms with van der Waals surface area (Å²) in [5.41, 5.74) is 1.56. The number of phenols is 1. The van der Waals surface area contributed by atoms with Gasteiger partial charge >= 0.3 is 0 Å². The van der Waals surface area contributed by atoms with Crippen molar-refractivity contribution in [1.29, 1.82) is 0 Å². The molecule has 6 rings (SSSR count). The van der Waals surface area contributed by atoms with E-state index in [1.165, 1.54) is 12.0 Å².